The number of nitrogens with one attached hydrogen (secondary N) is 1. The molecule has 6 heteroatoms. The maximum atomic E-state index is 12.9. The molecule has 0 aliphatic carbocycles. The van der Waals surface area contributed by atoms with Crippen molar-refractivity contribution in [2.24, 2.45) is 5.92 Å². The molecular weight excluding hydrogens is 265 g/mol. The second-order valence-corrected chi connectivity index (χ2v) is 5.31. The first kappa shape index (κ1) is 13.6. The Morgan fingerprint density at radius 3 is 2.53 bits per heavy atom. The van der Waals surface area contributed by atoms with Gasteiger partial charge in [0.25, 0.3) is 5.91 Å². The van der Waals surface area contributed by atoms with E-state index in [1.54, 1.807) is 12.1 Å². The van der Waals surface area contributed by atoms with Crippen LogP contribution in [-0.2, 0) is 0 Å². The molecule has 0 saturated carbocycles. The molecule has 4 nitrogen and oxygen atoms in total. The van der Waals surface area contributed by atoms with Gasteiger partial charge in [-0.3, -0.25) is 4.79 Å². The number of carbonyl (C=O) groups is 1. The maximum Gasteiger partial charge on any atom is 0.265 e. The lowest BCUT2D eigenvalue weighted by Gasteiger charge is -2.22. The summed E-state index contributed by atoms with van der Waals surface area (Å²) < 4.78 is 16.6. The second-order valence-electron chi connectivity index (χ2n) is 4.53. The number of halogens is 1. The smallest absolute Gasteiger partial charge is 0.265 e. The summed E-state index contributed by atoms with van der Waals surface area (Å²) in [5.41, 5.74) is 0.877. The highest BCUT2D eigenvalue weighted by atomic mass is 32.1. The fourth-order valence-electron chi connectivity index (χ4n) is 1.78. The minimum Gasteiger partial charge on any atom is -0.344 e. The van der Waals surface area contributed by atoms with Crippen LogP contribution >= 0.6 is 11.5 Å². The highest BCUT2D eigenvalue weighted by Crippen LogP contribution is 2.22. The zero-order valence-electron chi connectivity index (χ0n) is 10.6. The molecule has 0 fully saturated rings. The van der Waals surface area contributed by atoms with Gasteiger partial charge in [-0.1, -0.05) is 30.5 Å². The molecule has 0 radical (unpaired) electrons. The van der Waals surface area contributed by atoms with Gasteiger partial charge in [0.05, 0.1) is 12.2 Å². The van der Waals surface area contributed by atoms with E-state index in [4.69, 9.17) is 0 Å². The summed E-state index contributed by atoms with van der Waals surface area (Å²) in [7, 11) is 0. The Morgan fingerprint density at radius 1 is 1.32 bits per heavy atom. The van der Waals surface area contributed by atoms with E-state index in [2.05, 4.69) is 14.9 Å². The normalized spacial score (nSPS) is 12.4. The average molecular weight is 279 g/mol. The zero-order chi connectivity index (χ0) is 13.8. The van der Waals surface area contributed by atoms with Crippen LogP contribution in [0.5, 0.6) is 0 Å². The molecule has 1 aromatic heterocycles. The van der Waals surface area contributed by atoms with E-state index < -0.39 is 0 Å². The Balaban J connectivity index is 2.17. The van der Waals surface area contributed by atoms with Crippen LogP contribution < -0.4 is 5.32 Å². The third kappa shape index (κ3) is 3.35. The summed E-state index contributed by atoms with van der Waals surface area (Å²) in [6, 6.07) is 5.99. The summed E-state index contributed by atoms with van der Waals surface area (Å²) in [5.74, 6) is -0.308. The van der Waals surface area contributed by atoms with Crippen LogP contribution in [0.15, 0.2) is 30.5 Å². The van der Waals surface area contributed by atoms with Crippen LogP contribution in [-0.4, -0.2) is 15.5 Å². The molecule has 0 aliphatic heterocycles. The van der Waals surface area contributed by atoms with Crippen LogP contribution in [0.3, 0.4) is 0 Å². The van der Waals surface area contributed by atoms with Crippen LogP contribution in [0.1, 0.15) is 35.1 Å². The third-order valence-electron chi connectivity index (χ3n) is 2.77. The molecule has 2 aromatic rings. The number of rotatable bonds is 4. The molecule has 1 amide bonds. The summed E-state index contributed by atoms with van der Waals surface area (Å²) in [5, 5.41) is 6.56. The molecule has 1 N–H and O–H groups in total. The fourth-order valence-corrected chi connectivity index (χ4v) is 2.20. The van der Waals surface area contributed by atoms with Gasteiger partial charge in [-0.2, -0.15) is 0 Å². The summed E-state index contributed by atoms with van der Waals surface area (Å²) in [6.07, 6.45) is 1.43. The first-order valence-corrected chi connectivity index (χ1v) is 6.69. The number of nitrogens with zero attached hydrogens (tertiary/aromatic N) is 2. The average Bonchev–Trinajstić information content (AvgIpc) is 2.90. The zero-order valence-corrected chi connectivity index (χ0v) is 11.4. The maximum absolute atomic E-state index is 12.9. The van der Waals surface area contributed by atoms with Crippen molar-refractivity contribution >= 4 is 17.4 Å². The van der Waals surface area contributed by atoms with Crippen molar-refractivity contribution in [3.8, 4) is 0 Å². The largest absolute Gasteiger partial charge is 0.344 e. The van der Waals surface area contributed by atoms with Crippen LogP contribution in [0.25, 0.3) is 0 Å². The van der Waals surface area contributed by atoms with E-state index in [-0.39, 0.29) is 23.7 Å². The van der Waals surface area contributed by atoms with E-state index >= 15 is 0 Å². The predicted molar refractivity (Wildman–Crippen MR) is 71.4 cm³/mol. The van der Waals surface area contributed by atoms with Crippen molar-refractivity contribution < 1.29 is 9.18 Å². The quantitative estimate of drug-likeness (QED) is 0.936. The van der Waals surface area contributed by atoms with Gasteiger partial charge in [0.1, 0.15) is 10.7 Å². The molecule has 0 saturated heterocycles. The molecule has 19 heavy (non-hydrogen) atoms. The van der Waals surface area contributed by atoms with Gasteiger partial charge < -0.3 is 5.32 Å². The first-order valence-electron chi connectivity index (χ1n) is 5.91. The third-order valence-corrected chi connectivity index (χ3v) is 3.43. The van der Waals surface area contributed by atoms with Gasteiger partial charge >= 0.3 is 0 Å². The molecule has 0 spiro atoms. The van der Waals surface area contributed by atoms with Gasteiger partial charge in [-0.25, -0.2) is 4.39 Å². The standard InChI is InChI=1S/C13H14FN3OS/c1-8(2)12(9-3-5-10(14)6-4-9)16-13(18)11-7-15-17-19-11/h3-8,12H,1-2H3,(H,16,18)/t12-/m0/s1. The Hall–Kier alpha value is -1.82. The van der Waals surface area contributed by atoms with Crippen LogP contribution in [0.4, 0.5) is 4.39 Å². The van der Waals surface area contributed by atoms with Gasteiger partial charge in [-0.15, -0.1) is 5.10 Å². The molecule has 0 bridgehead atoms. The lowest BCUT2D eigenvalue weighted by Crippen LogP contribution is -2.31. The van der Waals surface area contributed by atoms with E-state index in [9.17, 15) is 9.18 Å². The van der Waals surface area contributed by atoms with Crippen molar-refractivity contribution in [3.63, 3.8) is 0 Å². The number of amides is 1. The Bertz CT molecular complexity index is 540. The van der Waals surface area contributed by atoms with Crippen LogP contribution in [0.2, 0.25) is 0 Å². The Kier molecular flexibility index (Phi) is 4.21. The number of carbonyl (C=O) groups excluding carboxylic acids is 1. The molecule has 1 heterocycles. The van der Waals surface area contributed by atoms with Gasteiger partial charge in [-0.05, 0) is 35.1 Å². The highest BCUT2D eigenvalue weighted by molar-refractivity contribution is 7.07. The van der Waals surface area contributed by atoms with Crippen molar-refractivity contribution in [2.75, 3.05) is 0 Å². The van der Waals surface area contributed by atoms with Crippen molar-refractivity contribution in [1.29, 1.82) is 0 Å². The van der Waals surface area contributed by atoms with E-state index in [1.807, 2.05) is 13.8 Å². The number of aromatic nitrogens is 2. The second kappa shape index (κ2) is 5.88. The topological polar surface area (TPSA) is 54.9 Å². The summed E-state index contributed by atoms with van der Waals surface area (Å²) >= 11 is 1.05. The molecule has 1 aromatic carbocycles. The van der Waals surface area contributed by atoms with Crippen molar-refractivity contribution in [3.05, 3.63) is 46.7 Å². The van der Waals surface area contributed by atoms with E-state index in [0.29, 0.717) is 4.88 Å². The van der Waals surface area contributed by atoms with Crippen molar-refractivity contribution in [2.45, 2.75) is 19.9 Å². The number of benzene rings is 1. The lowest BCUT2D eigenvalue weighted by atomic mass is 9.96. The highest BCUT2D eigenvalue weighted by Gasteiger charge is 2.20. The van der Waals surface area contributed by atoms with E-state index in [0.717, 1.165) is 17.1 Å². The summed E-state index contributed by atoms with van der Waals surface area (Å²) in [6.45, 7) is 4.00. The lowest BCUT2D eigenvalue weighted by molar-refractivity contribution is 0.0929. The Morgan fingerprint density at radius 2 is 2.00 bits per heavy atom. The summed E-state index contributed by atoms with van der Waals surface area (Å²) in [4.78, 5) is 12.5. The molecule has 0 unspecified atom stereocenters. The number of hydrogen-bond acceptors (Lipinski definition) is 4. The first-order chi connectivity index (χ1) is 9.08. The molecular formula is C13H14FN3OS. The Labute approximate surface area is 114 Å². The SMILES string of the molecule is CC(C)[C@H](NC(=O)c1cnns1)c1ccc(F)cc1. The minimum absolute atomic E-state index is 0.171. The van der Waals surface area contributed by atoms with Crippen molar-refractivity contribution in [1.82, 2.24) is 14.9 Å². The van der Waals surface area contributed by atoms with Crippen LogP contribution in [0, 0.1) is 11.7 Å². The fraction of sp³-hybridized carbons (Fsp3) is 0.308. The monoisotopic (exact) mass is 279 g/mol. The minimum atomic E-state index is -0.288. The van der Waals surface area contributed by atoms with E-state index in [1.165, 1.54) is 18.3 Å². The molecule has 0 aliphatic rings. The van der Waals surface area contributed by atoms with Gasteiger partial charge in [0.15, 0.2) is 0 Å². The molecule has 100 valence electrons. The predicted octanol–water partition coefficient (Wildman–Crippen LogP) is 2.80. The van der Waals surface area contributed by atoms with Gasteiger partial charge in [0.2, 0.25) is 0 Å². The van der Waals surface area contributed by atoms with Gasteiger partial charge in [0, 0.05) is 0 Å². The molecule has 2 rings (SSSR count). The number of hydrogen-bond donors (Lipinski definition) is 1. The molecule has 1 atom stereocenters.